The molecule has 0 radical (unpaired) electrons. The van der Waals surface area contributed by atoms with Gasteiger partial charge in [0, 0.05) is 5.56 Å². The number of benzene rings is 2. The lowest BCUT2D eigenvalue weighted by atomic mass is 9.99. The van der Waals surface area contributed by atoms with E-state index in [9.17, 15) is 0 Å². The molecular weight excluding hydrogens is 500 g/mol. The summed E-state index contributed by atoms with van der Waals surface area (Å²) in [6, 6.07) is 12.2. The third-order valence-corrected chi connectivity index (χ3v) is 6.43. The Labute approximate surface area is 228 Å². The highest BCUT2D eigenvalue weighted by Crippen LogP contribution is 2.36. The van der Waals surface area contributed by atoms with Crippen LogP contribution in [0, 0.1) is 0 Å². The molecule has 38 heavy (non-hydrogen) atoms. The van der Waals surface area contributed by atoms with Crippen LogP contribution in [0.4, 0.5) is 0 Å². The van der Waals surface area contributed by atoms with Crippen molar-refractivity contribution < 1.29 is 32.8 Å². The van der Waals surface area contributed by atoms with Gasteiger partial charge in [-0.2, -0.15) is 0 Å². The molecule has 1 heterocycles. The molecule has 4 bridgehead atoms. The number of hydrogen-bond acceptors (Lipinski definition) is 7. The molecule has 7 nitrogen and oxygen atoms in total. The summed E-state index contributed by atoms with van der Waals surface area (Å²) >= 11 is 0. The summed E-state index contributed by atoms with van der Waals surface area (Å²) in [7, 11) is -1.84. The van der Waals surface area contributed by atoms with Gasteiger partial charge in [0.25, 0.3) is 0 Å². The maximum Gasteiger partial charge on any atom is 0.242 e. The van der Waals surface area contributed by atoms with E-state index >= 15 is 0 Å². The third kappa shape index (κ3) is 9.92. The van der Waals surface area contributed by atoms with Gasteiger partial charge in [0.05, 0.1) is 58.4 Å². The van der Waals surface area contributed by atoms with Gasteiger partial charge in [-0.25, -0.2) is 0 Å². The van der Waals surface area contributed by atoms with E-state index in [2.05, 4.69) is 44.9 Å². The molecule has 0 unspecified atom stereocenters. The number of fused-ring (bicyclic) bond motifs is 5. The normalized spacial score (nSPS) is 16.6. The Morgan fingerprint density at radius 3 is 1.45 bits per heavy atom. The van der Waals surface area contributed by atoms with Gasteiger partial charge in [-0.1, -0.05) is 31.4 Å². The van der Waals surface area contributed by atoms with Gasteiger partial charge in [0.15, 0.2) is 0 Å². The Balaban J connectivity index is 1.88. The van der Waals surface area contributed by atoms with Crippen molar-refractivity contribution in [3.05, 3.63) is 60.7 Å². The summed E-state index contributed by atoms with van der Waals surface area (Å²) in [5.41, 5.74) is 4.73. The molecule has 208 valence electrons. The molecule has 0 amide bonds. The topological polar surface area (TPSA) is 64.6 Å². The molecule has 1 aliphatic heterocycles. The lowest BCUT2D eigenvalue weighted by Crippen LogP contribution is -2.24. The van der Waals surface area contributed by atoms with Crippen molar-refractivity contribution in [1.82, 2.24) is 0 Å². The zero-order valence-electron chi connectivity index (χ0n) is 23.3. The van der Waals surface area contributed by atoms with Crippen LogP contribution in [0.15, 0.2) is 49.6 Å². The summed E-state index contributed by atoms with van der Waals surface area (Å²) < 4.78 is 40.9. The molecule has 0 atom stereocenters. The number of hydrogen-bond donors (Lipinski definition) is 0. The Hall–Kier alpha value is -2.62. The fourth-order valence-electron chi connectivity index (χ4n) is 3.83. The van der Waals surface area contributed by atoms with Gasteiger partial charge < -0.3 is 32.8 Å². The summed E-state index contributed by atoms with van der Waals surface area (Å²) in [6.45, 7) is 21.4. The summed E-state index contributed by atoms with van der Waals surface area (Å²) in [4.78, 5) is 0. The standard InChI is InChI=1S/C30H42O7Si/c1-23(2)27-9-7-25-21-29(27)35-19-17-33-15-13-31-11-12-32-14-16-34-18-20-36-30-22-26(25)8-10-28(30)24(3)37-38(4,5)6/h7-10,21-22H,1,3,11-20H2,2,4-6H3. The van der Waals surface area contributed by atoms with Crippen LogP contribution in [0.3, 0.4) is 0 Å². The van der Waals surface area contributed by atoms with Gasteiger partial charge in [-0.15, -0.1) is 0 Å². The SMILES string of the molecule is C=C(C)c1ccc2cc1OCCOCCOCCOCCOCCOc1cc-2ccc1C(=C)O[Si](C)(C)C. The largest absolute Gasteiger partial charge is 0.544 e. The zero-order chi connectivity index (χ0) is 27.4. The molecule has 0 aromatic heterocycles. The first-order valence-electron chi connectivity index (χ1n) is 13.1. The van der Waals surface area contributed by atoms with Crippen LogP contribution in [0.2, 0.25) is 19.6 Å². The second-order valence-electron chi connectivity index (χ2n) is 9.99. The van der Waals surface area contributed by atoms with Crippen molar-refractivity contribution in [2.75, 3.05) is 66.1 Å². The lowest BCUT2D eigenvalue weighted by Gasteiger charge is -2.23. The van der Waals surface area contributed by atoms with Crippen LogP contribution in [0.1, 0.15) is 18.1 Å². The first kappa shape index (κ1) is 29.9. The highest BCUT2D eigenvalue weighted by molar-refractivity contribution is 6.70. The molecule has 2 aromatic rings. The van der Waals surface area contributed by atoms with E-state index in [0.29, 0.717) is 77.6 Å². The fourth-order valence-corrected chi connectivity index (χ4v) is 4.68. The van der Waals surface area contributed by atoms with Gasteiger partial charge in [-0.3, -0.25) is 0 Å². The minimum atomic E-state index is -1.84. The van der Waals surface area contributed by atoms with E-state index < -0.39 is 8.32 Å². The quantitative estimate of drug-likeness (QED) is 0.344. The summed E-state index contributed by atoms with van der Waals surface area (Å²) in [6.07, 6.45) is 0. The minimum absolute atomic E-state index is 0.392. The predicted molar refractivity (Wildman–Crippen MR) is 154 cm³/mol. The van der Waals surface area contributed by atoms with Gasteiger partial charge in [0.1, 0.15) is 30.5 Å². The maximum absolute atomic E-state index is 6.19. The summed E-state index contributed by atoms with van der Waals surface area (Å²) in [5.74, 6) is 2.08. The van der Waals surface area contributed by atoms with Crippen molar-refractivity contribution in [2.24, 2.45) is 0 Å². The van der Waals surface area contributed by atoms with E-state index in [1.807, 2.05) is 31.2 Å². The van der Waals surface area contributed by atoms with Crippen molar-refractivity contribution in [3.8, 4) is 22.6 Å². The average molecular weight is 543 g/mol. The molecule has 0 aliphatic carbocycles. The van der Waals surface area contributed by atoms with Crippen LogP contribution < -0.4 is 9.47 Å². The molecule has 0 saturated heterocycles. The highest BCUT2D eigenvalue weighted by Gasteiger charge is 2.20. The molecule has 2 aromatic carbocycles. The highest BCUT2D eigenvalue weighted by atomic mass is 28.4. The van der Waals surface area contributed by atoms with Crippen LogP contribution in [0.25, 0.3) is 22.5 Å². The van der Waals surface area contributed by atoms with E-state index in [-0.39, 0.29) is 0 Å². The van der Waals surface area contributed by atoms with E-state index in [4.69, 9.17) is 32.8 Å². The number of allylic oxidation sites excluding steroid dienone is 1. The first-order valence-corrected chi connectivity index (χ1v) is 16.5. The Kier molecular flexibility index (Phi) is 11.9. The third-order valence-electron chi connectivity index (χ3n) is 5.57. The van der Waals surface area contributed by atoms with Crippen LogP contribution in [-0.4, -0.2) is 74.4 Å². The minimum Gasteiger partial charge on any atom is -0.544 e. The molecule has 0 N–H and O–H groups in total. The molecular formula is C30H42O7Si. The Bertz CT molecular complexity index is 1060. The van der Waals surface area contributed by atoms with Crippen molar-refractivity contribution in [2.45, 2.75) is 26.6 Å². The second kappa shape index (κ2) is 15.1. The zero-order valence-corrected chi connectivity index (χ0v) is 24.3. The molecule has 1 aliphatic rings. The molecule has 0 fully saturated rings. The van der Waals surface area contributed by atoms with Crippen molar-refractivity contribution >= 4 is 19.6 Å². The van der Waals surface area contributed by atoms with Gasteiger partial charge in [-0.05, 0) is 61.5 Å². The van der Waals surface area contributed by atoms with Crippen LogP contribution in [0.5, 0.6) is 11.5 Å². The Morgan fingerprint density at radius 2 is 1.03 bits per heavy atom. The van der Waals surface area contributed by atoms with Crippen molar-refractivity contribution in [1.29, 1.82) is 0 Å². The second-order valence-corrected chi connectivity index (χ2v) is 14.4. The number of rotatable bonds is 4. The molecule has 0 spiro atoms. The smallest absolute Gasteiger partial charge is 0.242 e. The van der Waals surface area contributed by atoms with E-state index in [1.165, 1.54) is 0 Å². The van der Waals surface area contributed by atoms with E-state index in [0.717, 1.165) is 33.6 Å². The Morgan fingerprint density at radius 1 is 0.632 bits per heavy atom. The molecule has 8 heteroatoms. The van der Waals surface area contributed by atoms with Crippen LogP contribution >= 0.6 is 0 Å². The molecule has 3 rings (SSSR count). The predicted octanol–water partition coefficient (Wildman–Crippen LogP) is 6.05. The van der Waals surface area contributed by atoms with Crippen LogP contribution in [-0.2, 0) is 23.4 Å². The summed E-state index contributed by atoms with van der Waals surface area (Å²) in [5, 5.41) is 0. The first-order chi connectivity index (χ1) is 18.2. The van der Waals surface area contributed by atoms with Gasteiger partial charge >= 0.3 is 0 Å². The lowest BCUT2D eigenvalue weighted by molar-refractivity contribution is -0.00701. The van der Waals surface area contributed by atoms with Crippen molar-refractivity contribution in [3.63, 3.8) is 0 Å². The maximum atomic E-state index is 6.19. The van der Waals surface area contributed by atoms with Gasteiger partial charge in [0.2, 0.25) is 8.32 Å². The monoisotopic (exact) mass is 542 g/mol. The molecule has 0 saturated carbocycles. The fraction of sp³-hybridized carbons (Fsp3) is 0.467. The average Bonchev–Trinajstić information content (AvgIpc) is 2.86. The van der Waals surface area contributed by atoms with E-state index in [1.54, 1.807) is 0 Å². The number of ether oxygens (including phenoxy) is 6.